The number of rotatable bonds is 7. The number of carbonyl (C=O) groups is 2. The Morgan fingerprint density at radius 3 is 2.53 bits per heavy atom. The second-order valence-electron chi connectivity index (χ2n) is 8.80. The molecule has 2 aliphatic rings. The highest BCUT2D eigenvalue weighted by molar-refractivity contribution is 7.89. The van der Waals surface area contributed by atoms with Gasteiger partial charge < -0.3 is 26.4 Å². The Labute approximate surface area is 220 Å². The van der Waals surface area contributed by atoms with E-state index in [9.17, 15) is 18.0 Å². The molecular formula is C27H27N5O5S. The van der Waals surface area contributed by atoms with E-state index >= 15 is 0 Å². The van der Waals surface area contributed by atoms with Gasteiger partial charge in [-0.05, 0) is 54.6 Å². The van der Waals surface area contributed by atoms with Crippen molar-refractivity contribution in [3.05, 3.63) is 83.9 Å². The molecule has 3 aromatic rings. The van der Waals surface area contributed by atoms with E-state index in [1.165, 1.54) is 16.4 Å². The minimum Gasteiger partial charge on any atom is -0.397 e. The van der Waals surface area contributed by atoms with E-state index in [2.05, 4.69) is 16.0 Å². The van der Waals surface area contributed by atoms with Crippen molar-refractivity contribution in [3.8, 4) is 0 Å². The molecule has 2 aliphatic heterocycles. The molecule has 5 N–H and O–H groups in total. The third-order valence-corrected chi connectivity index (χ3v) is 8.24. The number of nitrogens with two attached hydrogens (primary N) is 1. The highest BCUT2D eigenvalue weighted by Crippen LogP contribution is 2.34. The molecule has 0 aromatic heterocycles. The highest BCUT2D eigenvalue weighted by Gasteiger charge is 2.30. The predicted octanol–water partition coefficient (Wildman–Crippen LogP) is 2.99. The topological polar surface area (TPSA) is 143 Å². The predicted molar refractivity (Wildman–Crippen MR) is 146 cm³/mol. The second-order valence-corrected chi connectivity index (χ2v) is 10.7. The molecule has 0 aliphatic carbocycles. The standard InChI is InChI=1S/C27H27N5O5S/c28-23-3-1-2-4-25(23)31-26(33)18-5-7-19(8-6-18)29-12-11-21-22-17-20(9-10-24(22)30-27(21)34)38(35,36)32-13-15-37-16-14-32/h1-11,17,29H,12-16,28H2,(H,30,34)(H,31,33). The van der Waals surface area contributed by atoms with Gasteiger partial charge in [0.2, 0.25) is 10.0 Å². The van der Waals surface area contributed by atoms with Crippen LogP contribution in [0.25, 0.3) is 5.57 Å². The summed E-state index contributed by atoms with van der Waals surface area (Å²) >= 11 is 0. The van der Waals surface area contributed by atoms with E-state index in [-0.39, 0.29) is 16.7 Å². The highest BCUT2D eigenvalue weighted by atomic mass is 32.2. The van der Waals surface area contributed by atoms with Crippen LogP contribution in [0, 0.1) is 0 Å². The van der Waals surface area contributed by atoms with Crippen LogP contribution in [-0.2, 0) is 19.6 Å². The van der Waals surface area contributed by atoms with Crippen molar-refractivity contribution >= 4 is 50.2 Å². The van der Waals surface area contributed by atoms with Gasteiger partial charge in [0, 0.05) is 47.7 Å². The number of anilines is 4. The summed E-state index contributed by atoms with van der Waals surface area (Å²) in [4.78, 5) is 25.3. The number of nitrogen functional groups attached to an aromatic ring is 1. The van der Waals surface area contributed by atoms with Gasteiger partial charge in [-0.25, -0.2) is 8.42 Å². The number of para-hydroxylation sites is 2. The number of hydrogen-bond acceptors (Lipinski definition) is 7. The number of carbonyl (C=O) groups excluding carboxylic acids is 2. The summed E-state index contributed by atoms with van der Waals surface area (Å²) in [7, 11) is -3.69. The lowest BCUT2D eigenvalue weighted by Gasteiger charge is -2.26. The van der Waals surface area contributed by atoms with Crippen molar-refractivity contribution < 1.29 is 22.7 Å². The molecule has 1 saturated heterocycles. The molecule has 3 aromatic carbocycles. The molecule has 5 rings (SSSR count). The minimum absolute atomic E-state index is 0.139. The number of benzene rings is 3. The Morgan fingerprint density at radius 2 is 1.79 bits per heavy atom. The van der Waals surface area contributed by atoms with E-state index in [0.717, 1.165) is 5.69 Å². The zero-order valence-corrected chi connectivity index (χ0v) is 21.3. The van der Waals surface area contributed by atoms with Crippen molar-refractivity contribution in [1.82, 2.24) is 4.31 Å². The van der Waals surface area contributed by atoms with Gasteiger partial charge in [0.15, 0.2) is 0 Å². The monoisotopic (exact) mass is 533 g/mol. The van der Waals surface area contributed by atoms with E-state index < -0.39 is 10.0 Å². The lowest BCUT2D eigenvalue weighted by molar-refractivity contribution is -0.110. The van der Waals surface area contributed by atoms with Gasteiger partial charge >= 0.3 is 0 Å². The molecule has 2 heterocycles. The van der Waals surface area contributed by atoms with Gasteiger partial charge in [0.05, 0.1) is 29.5 Å². The van der Waals surface area contributed by atoms with Crippen molar-refractivity contribution in [2.75, 3.05) is 54.5 Å². The van der Waals surface area contributed by atoms with Gasteiger partial charge in [0.25, 0.3) is 11.8 Å². The van der Waals surface area contributed by atoms with Crippen LogP contribution in [0.4, 0.5) is 22.7 Å². The first-order valence-corrected chi connectivity index (χ1v) is 13.5. The Morgan fingerprint density at radius 1 is 1.05 bits per heavy atom. The SMILES string of the molecule is Nc1ccccc1NC(=O)c1ccc(NCC=C2C(=O)Nc3ccc(S(=O)(=O)N4CCOCC4)cc32)cc1. The average Bonchev–Trinajstić information content (AvgIpc) is 3.25. The molecule has 0 saturated carbocycles. The quantitative estimate of drug-likeness (QED) is 0.270. The van der Waals surface area contributed by atoms with Crippen LogP contribution < -0.4 is 21.7 Å². The summed E-state index contributed by atoms with van der Waals surface area (Å²) in [6.07, 6.45) is 1.71. The maximum atomic E-state index is 13.1. The number of ether oxygens (including phenoxy) is 1. The van der Waals surface area contributed by atoms with Crippen molar-refractivity contribution in [1.29, 1.82) is 0 Å². The van der Waals surface area contributed by atoms with Crippen LogP contribution >= 0.6 is 0 Å². The van der Waals surface area contributed by atoms with Gasteiger partial charge in [-0.15, -0.1) is 0 Å². The molecule has 2 amide bonds. The maximum absolute atomic E-state index is 13.1. The normalized spacial score (nSPS) is 16.6. The van der Waals surface area contributed by atoms with Crippen molar-refractivity contribution in [3.63, 3.8) is 0 Å². The Hall–Kier alpha value is -4.19. The molecule has 1 fully saturated rings. The lowest BCUT2D eigenvalue weighted by atomic mass is 10.1. The number of morpholine rings is 1. The largest absolute Gasteiger partial charge is 0.397 e. The van der Waals surface area contributed by atoms with Crippen LogP contribution in [-0.4, -0.2) is 57.4 Å². The molecule has 0 radical (unpaired) electrons. The van der Waals surface area contributed by atoms with Gasteiger partial charge in [-0.3, -0.25) is 9.59 Å². The number of nitrogens with zero attached hydrogens (tertiary/aromatic N) is 1. The molecular weight excluding hydrogens is 506 g/mol. The first-order chi connectivity index (χ1) is 18.3. The van der Waals surface area contributed by atoms with Crippen molar-refractivity contribution in [2.24, 2.45) is 0 Å². The van der Waals surface area contributed by atoms with Crippen LogP contribution in [0.15, 0.2) is 77.7 Å². The number of amides is 2. The fourth-order valence-corrected chi connectivity index (χ4v) is 5.72. The summed E-state index contributed by atoms with van der Waals surface area (Å²) in [6.45, 7) is 1.62. The number of fused-ring (bicyclic) bond motifs is 1. The summed E-state index contributed by atoms with van der Waals surface area (Å²) in [5.74, 6) is -0.575. The fraction of sp³-hybridized carbons (Fsp3) is 0.185. The summed E-state index contributed by atoms with van der Waals surface area (Å²) in [5.41, 5.74) is 9.63. The van der Waals surface area contributed by atoms with Crippen LogP contribution in [0.5, 0.6) is 0 Å². The molecule has 196 valence electrons. The average molecular weight is 534 g/mol. The summed E-state index contributed by atoms with van der Waals surface area (Å²) in [6, 6.07) is 18.6. The Balaban J connectivity index is 1.26. The van der Waals surface area contributed by atoms with Gasteiger partial charge in [-0.2, -0.15) is 4.31 Å². The number of sulfonamides is 1. The smallest absolute Gasteiger partial charge is 0.256 e. The Kier molecular flexibility index (Phi) is 7.14. The summed E-state index contributed by atoms with van der Waals surface area (Å²) < 4.78 is 32.8. The molecule has 0 atom stereocenters. The van der Waals surface area contributed by atoms with Gasteiger partial charge in [0.1, 0.15) is 0 Å². The van der Waals surface area contributed by atoms with Gasteiger partial charge in [-0.1, -0.05) is 18.2 Å². The minimum atomic E-state index is -3.69. The van der Waals surface area contributed by atoms with Crippen LogP contribution in [0.2, 0.25) is 0 Å². The van der Waals surface area contributed by atoms with Crippen LogP contribution in [0.3, 0.4) is 0 Å². The molecule has 10 nitrogen and oxygen atoms in total. The van der Waals surface area contributed by atoms with E-state index in [4.69, 9.17) is 10.5 Å². The molecule has 0 unspecified atom stereocenters. The molecule has 38 heavy (non-hydrogen) atoms. The van der Waals surface area contributed by atoms with E-state index in [1.54, 1.807) is 60.7 Å². The maximum Gasteiger partial charge on any atom is 0.256 e. The van der Waals surface area contributed by atoms with Crippen LogP contribution in [0.1, 0.15) is 15.9 Å². The van der Waals surface area contributed by atoms with E-state index in [0.29, 0.717) is 66.6 Å². The number of hydrogen-bond donors (Lipinski definition) is 4. The molecule has 0 spiro atoms. The first-order valence-electron chi connectivity index (χ1n) is 12.1. The molecule has 0 bridgehead atoms. The fourth-order valence-electron chi connectivity index (χ4n) is 4.28. The third kappa shape index (κ3) is 5.25. The summed E-state index contributed by atoms with van der Waals surface area (Å²) in [5, 5.41) is 8.76. The zero-order chi connectivity index (χ0) is 26.7. The Bertz CT molecular complexity index is 1510. The first kappa shape index (κ1) is 25.5. The van der Waals surface area contributed by atoms with E-state index in [1.807, 2.05) is 0 Å². The van der Waals surface area contributed by atoms with Crippen molar-refractivity contribution in [2.45, 2.75) is 4.90 Å². The number of nitrogens with one attached hydrogen (secondary N) is 3. The third-order valence-electron chi connectivity index (χ3n) is 6.35. The molecule has 11 heteroatoms. The lowest BCUT2D eigenvalue weighted by Crippen LogP contribution is -2.40. The zero-order valence-electron chi connectivity index (χ0n) is 20.4. The second kappa shape index (κ2) is 10.7.